The summed E-state index contributed by atoms with van der Waals surface area (Å²) in [5.41, 5.74) is 2.23. The van der Waals surface area contributed by atoms with Crippen LogP contribution in [0.1, 0.15) is 5.56 Å². The third-order valence-electron chi connectivity index (χ3n) is 3.43. The number of methoxy groups -OCH3 is 1. The van der Waals surface area contributed by atoms with Crippen molar-refractivity contribution in [1.82, 2.24) is 10.2 Å². The van der Waals surface area contributed by atoms with Crippen LogP contribution in [-0.2, 0) is 0 Å². The molecule has 3 aromatic rings. The maximum Gasteiger partial charge on any atom is 0.210 e. The molecule has 130 valence electrons. The Kier molecular flexibility index (Phi) is 6.14. The van der Waals surface area contributed by atoms with Crippen molar-refractivity contribution < 1.29 is 9.47 Å². The summed E-state index contributed by atoms with van der Waals surface area (Å²) in [7, 11) is 1.65. The van der Waals surface area contributed by atoms with Crippen molar-refractivity contribution in [2.75, 3.05) is 24.8 Å². The second-order valence-corrected chi connectivity index (χ2v) is 7.51. The molecule has 5 nitrogen and oxygen atoms in total. The third-order valence-corrected chi connectivity index (χ3v) is 5.37. The first kappa shape index (κ1) is 17.6. The predicted octanol–water partition coefficient (Wildman–Crippen LogP) is 4.77. The van der Waals surface area contributed by atoms with Gasteiger partial charge in [-0.1, -0.05) is 41.3 Å². The number of para-hydroxylation sites is 1. The summed E-state index contributed by atoms with van der Waals surface area (Å²) >= 11 is 3.18. The molecule has 0 aliphatic carbocycles. The number of aromatic nitrogens is 2. The average Bonchev–Trinajstić information content (AvgIpc) is 3.09. The van der Waals surface area contributed by atoms with Crippen LogP contribution in [0, 0.1) is 6.92 Å². The second kappa shape index (κ2) is 8.73. The molecule has 0 aliphatic rings. The van der Waals surface area contributed by atoms with E-state index in [0.29, 0.717) is 6.61 Å². The molecule has 1 N–H and O–H groups in total. The van der Waals surface area contributed by atoms with Crippen molar-refractivity contribution in [2.45, 2.75) is 11.3 Å². The molecule has 3 rings (SSSR count). The molecule has 0 saturated heterocycles. The maximum atomic E-state index is 5.71. The molecule has 0 radical (unpaired) electrons. The van der Waals surface area contributed by atoms with Gasteiger partial charge in [-0.25, -0.2) is 0 Å². The number of aryl methyl sites for hydroxylation is 1. The second-order valence-electron chi connectivity index (χ2n) is 5.19. The maximum absolute atomic E-state index is 5.71. The Balaban J connectivity index is 1.44. The molecular formula is C18H19N3O2S2. The fourth-order valence-electron chi connectivity index (χ4n) is 2.11. The van der Waals surface area contributed by atoms with Gasteiger partial charge in [-0.2, -0.15) is 0 Å². The highest BCUT2D eigenvalue weighted by Gasteiger charge is 2.06. The fourth-order valence-corrected chi connectivity index (χ4v) is 3.76. The van der Waals surface area contributed by atoms with Gasteiger partial charge in [0.2, 0.25) is 5.13 Å². The number of nitrogens with one attached hydrogen (secondary N) is 1. The van der Waals surface area contributed by atoms with Crippen LogP contribution in [0.15, 0.2) is 52.9 Å². The van der Waals surface area contributed by atoms with E-state index in [4.69, 9.17) is 9.47 Å². The SMILES string of the molecule is COc1ccc(OCCSc2nnc(Nc3ccccc3C)s2)cc1. The van der Waals surface area contributed by atoms with E-state index in [1.807, 2.05) is 42.5 Å². The lowest BCUT2D eigenvalue weighted by atomic mass is 10.2. The van der Waals surface area contributed by atoms with Gasteiger partial charge in [0.1, 0.15) is 11.5 Å². The molecule has 1 heterocycles. The summed E-state index contributed by atoms with van der Waals surface area (Å²) in [6.07, 6.45) is 0. The topological polar surface area (TPSA) is 56.3 Å². The number of ether oxygens (including phenoxy) is 2. The van der Waals surface area contributed by atoms with Crippen molar-refractivity contribution in [2.24, 2.45) is 0 Å². The molecule has 7 heteroatoms. The van der Waals surface area contributed by atoms with Crippen LogP contribution in [-0.4, -0.2) is 29.7 Å². The van der Waals surface area contributed by atoms with Gasteiger partial charge in [0.05, 0.1) is 13.7 Å². The first-order valence-electron chi connectivity index (χ1n) is 7.80. The van der Waals surface area contributed by atoms with Gasteiger partial charge >= 0.3 is 0 Å². The van der Waals surface area contributed by atoms with E-state index in [1.165, 1.54) is 5.56 Å². The van der Waals surface area contributed by atoms with Gasteiger partial charge in [-0.15, -0.1) is 10.2 Å². The monoisotopic (exact) mass is 373 g/mol. The summed E-state index contributed by atoms with van der Waals surface area (Å²) in [5.74, 6) is 2.47. The van der Waals surface area contributed by atoms with Crippen LogP contribution in [0.5, 0.6) is 11.5 Å². The molecule has 0 fully saturated rings. The molecule has 25 heavy (non-hydrogen) atoms. The minimum Gasteiger partial charge on any atom is -0.497 e. The van der Waals surface area contributed by atoms with Crippen LogP contribution in [0.3, 0.4) is 0 Å². The summed E-state index contributed by atoms with van der Waals surface area (Å²) in [5, 5.41) is 12.5. The Labute approximate surface area is 155 Å². The smallest absolute Gasteiger partial charge is 0.210 e. The zero-order valence-electron chi connectivity index (χ0n) is 14.1. The zero-order valence-corrected chi connectivity index (χ0v) is 15.7. The number of hydrogen-bond donors (Lipinski definition) is 1. The van der Waals surface area contributed by atoms with Gasteiger partial charge in [0, 0.05) is 11.4 Å². The molecule has 0 aliphatic heterocycles. The first-order chi connectivity index (χ1) is 12.2. The van der Waals surface area contributed by atoms with E-state index in [0.717, 1.165) is 32.4 Å². The fraction of sp³-hybridized carbons (Fsp3) is 0.222. The number of anilines is 2. The Hall–Kier alpha value is -2.25. The highest BCUT2D eigenvalue weighted by atomic mass is 32.2. The van der Waals surface area contributed by atoms with Gasteiger partial charge in [-0.05, 0) is 42.8 Å². The highest BCUT2D eigenvalue weighted by molar-refractivity contribution is 8.01. The quantitative estimate of drug-likeness (QED) is 0.453. The van der Waals surface area contributed by atoms with Crippen molar-refractivity contribution in [3.63, 3.8) is 0 Å². The van der Waals surface area contributed by atoms with Crippen LogP contribution in [0.4, 0.5) is 10.8 Å². The van der Waals surface area contributed by atoms with E-state index in [2.05, 4.69) is 28.5 Å². The molecule has 1 aromatic heterocycles. The largest absolute Gasteiger partial charge is 0.497 e. The molecule has 0 unspecified atom stereocenters. The van der Waals surface area contributed by atoms with E-state index in [1.54, 1.807) is 30.2 Å². The Bertz CT molecular complexity index is 806. The minimum absolute atomic E-state index is 0.608. The van der Waals surface area contributed by atoms with Crippen molar-refractivity contribution >= 4 is 33.9 Å². The van der Waals surface area contributed by atoms with Crippen LogP contribution in [0.2, 0.25) is 0 Å². The van der Waals surface area contributed by atoms with E-state index >= 15 is 0 Å². The van der Waals surface area contributed by atoms with E-state index < -0.39 is 0 Å². The van der Waals surface area contributed by atoms with E-state index in [-0.39, 0.29) is 0 Å². The van der Waals surface area contributed by atoms with Crippen molar-refractivity contribution in [1.29, 1.82) is 0 Å². The summed E-state index contributed by atoms with van der Waals surface area (Å²) in [6, 6.07) is 15.7. The average molecular weight is 374 g/mol. The number of rotatable bonds is 8. The summed E-state index contributed by atoms with van der Waals surface area (Å²) in [4.78, 5) is 0. The normalized spacial score (nSPS) is 10.5. The zero-order chi connectivity index (χ0) is 17.5. The number of nitrogens with zero attached hydrogens (tertiary/aromatic N) is 2. The molecule has 0 saturated carbocycles. The molecule has 0 amide bonds. The van der Waals surface area contributed by atoms with Gasteiger partial charge in [0.15, 0.2) is 4.34 Å². The van der Waals surface area contributed by atoms with Crippen LogP contribution >= 0.6 is 23.1 Å². The lowest BCUT2D eigenvalue weighted by Gasteiger charge is -2.06. The third kappa shape index (κ3) is 5.11. The van der Waals surface area contributed by atoms with Gasteiger partial charge < -0.3 is 14.8 Å². The summed E-state index contributed by atoms with van der Waals surface area (Å²) in [6.45, 7) is 2.67. The first-order valence-corrected chi connectivity index (χ1v) is 9.60. The van der Waals surface area contributed by atoms with Crippen molar-refractivity contribution in [3.8, 4) is 11.5 Å². The standard InChI is InChI=1S/C18H19N3O2S2/c1-13-5-3-4-6-16(13)19-17-20-21-18(25-17)24-12-11-23-15-9-7-14(22-2)8-10-15/h3-10H,11-12H2,1-2H3,(H,19,20). The van der Waals surface area contributed by atoms with E-state index in [9.17, 15) is 0 Å². The Morgan fingerprint density at radius 2 is 1.80 bits per heavy atom. The minimum atomic E-state index is 0.608. The number of benzene rings is 2. The molecule has 2 aromatic carbocycles. The lowest BCUT2D eigenvalue weighted by Crippen LogP contribution is -1.99. The van der Waals surface area contributed by atoms with Crippen LogP contribution < -0.4 is 14.8 Å². The summed E-state index contributed by atoms with van der Waals surface area (Å²) < 4.78 is 11.8. The molecule has 0 bridgehead atoms. The predicted molar refractivity (Wildman–Crippen MR) is 104 cm³/mol. The molecule has 0 atom stereocenters. The number of hydrogen-bond acceptors (Lipinski definition) is 7. The molecular weight excluding hydrogens is 354 g/mol. The molecule has 0 spiro atoms. The lowest BCUT2D eigenvalue weighted by molar-refractivity contribution is 0.342. The van der Waals surface area contributed by atoms with Gasteiger partial charge in [-0.3, -0.25) is 0 Å². The Morgan fingerprint density at radius 1 is 1.04 bits per heavy atom. The van der Waals surface area contributed by atoms with Crippen LogP contribution in [0.25, 0.3) is 0 Å². The van der Waals surface area contributed by atoms with Crippen molar-refractivity contribution in [3.05, 3.63) is 54.1 Å². The highest BCUT2D eigenvalue weighted by Crippen LogP contribution is 2.28. The van der Waals surface area contributed by atoms with Gasteiger partial charge in [0.25, 0.3) is 0 Å². The Morgan fingerprint density at radius 3 is 2.56 bits per heavy atom. The number of thioether (sulfide) groups is 1.